The molecule has 0 spiro atoms. The molecule has 0 fully saturated rings. The Labute approximate surface area is 214 Å². The van der Waals surface area contributed by atoms with Gasteiger partial charge in [-0.25, -0.2) is 0 Å². The van der Waals surface area contributed by atoms with Crippen LogP contribution in [0.1, 0.15) is 41.4 Å². The molecule has 190 valence electrons. The second kappa shape index (κ2) is 11.4. The first kappa shape index (κ1) is 25.5. The summed E-state index contributed by atoms with van der Waals surface area (Å²) in [7, 11) is 0. The summed E-state index contributed by atoms with van der Waals surface area (Å²) >= 11 is 0. The zero-order chi connectivity index (χ0) is 26.4. The normalized spacial score (nSPS) is 12.9. The van der Waals surface area contributed by atoms with Crippen LogP contribution in [0, 0.1) is 0 Å². The molecule has 4 aromatic carbocycles. The Hall–Kier alpha value is -4.62. The third kappa shape index (κ3) is 6.74. The molecule has 2 atom stereocenters. The number of benzene rings is 4. The average Bonchev–Trinajstić information content (AvgIpc) is 2.85. The van der Waals surface area contributed by atoms with E-state index in [-0.39, 0.29) is 28.7 Å². The van der Waals surface area contributed by atoms with Crippen molar-refractivity contribution < 1.29 is 35.0 Å². The van der Waals surface area contributed by atoms with Gasteiger partial charge < -0.3 is 35.0 Å². The molecule has 0 bridgehead atoms. The number of hydrogen-bond acceptors (Lipinski definition) is 7. The van der Waals surface area contributed by atoms with Gasteiger partial charge in [-0.2, -0.15) is 0 Å². The number of rotatable bonds is 9. The van der Waals surface area contributed by atoms with E-state index in [2.05, 4.69) is 0 Å². The van der Waals surface area contributed by atoms with Gasteiger partial charge in [0.2, 0.25) is 0 Å². The molecule has 0 aliphatic carbocycles. The molecule has 0 radical (unpaired) electrons. The average molecular weight is 501 g/mol. The largest absolute Gasteiger partial charge is 0.508 e. The molecular formula is C30H28O7. The first-order valence-electron chi connectivity index (χ1n) is 11.7. The molecular weight excluding hydrogens is 472 g/mol. The molecule has 0 saturated carbocycles. The van der Waals surface area contributed by atoms with E-state index in [0.29, 0.717) is 23.5 Å². The van der Waals surface area contributed by atoms with Crippen LogP contribution in [0.15, 0.2) is 84.9 Å². The molecule has 0 aliphatic rings. The standard InChI is InChI=1S/C30H28O7/c1-2-36-29(21-7-9-23(31)10-8-21)30(22-15-26(34)18-27(35)16-22)37-28-11-5-19(6-12-28)3-4-20-13-24(32)17-25(33)14-20/h3-18,29-35H,2H2,1H3/b4-3+. The Bertz CT molecular complexity index is 1320. The zero-order valence-electron chi connectivity index (χ0n) is 20.2. The van der Waals surface area contributed by atoms with Crippen LogP contribution in [-0.2, 0) is 4.74 Å². The summed E-state index contributed by atoms with van der Waals surface area (Å²) in [6.07, 6.45) is 2.26. The van der Waals surface area contributed by atoms with E-state index in [1.54, 1.807) is 54.6 Å². The lowest BCUT2D eigenvalue weighted by Crippen LogP contribution is -2.20. The van der Waals surface area contributed by atoms with Crippen molar-refractivity contribution in [3.05, 3.63) is 107 Å². The van der Waals surface area contributed by atoms with Gasteiger partial charge >= 0.3 is 0 Å². The van der Waals surface area contributed by atoms with Crippen LogP contribution in [-0.4, -0.2) is 32.1 Å². The van der Waals surface area contributed by atoms with Crippen LogP contribution in [0.3, 0.4) is 0 Å². The maximum absolute atomic E-state index is 10.1. The quantitative estimate of drug-likeness (QED) is 0.172. The Morgan fingerprint density at radius 2 is 1.11 bits per heavy atom. The van der Waals surface area contributed by atoms with Crippen molar-refractivity contribution >= 4 is 12.2 Å². The van der Waals surface area contributed by atoms with Gasteiger partial charge in [0.25, 0.3) is 0 Å². The van der Waals surface area contributed by atoms with Crippen molar-refractivity contribution in [2.75, 3.05) is 6.61 Å². The van der Waals surface area contributed by atoms with Gasteiger partial charge in [-0.1, -0.05) is 36.4 Å². The molecule has 4 rings (SSSR count). The van der Waals surface area contributed by atoms with Crippen molar-refractivity contribution in [2.45, 2.75) is 19.1 Å². The summed E-state index contributed by atoms with van der Waals surface area (Å²) < 4.78 is 12.4. The number of phenolic OH excluding ortho intramolecular Hbond substituents is 5. The van der Waals surface area contributed by atoms with E-state index < -0.39 is 12.2 Å². The Kier molecular flexibility index (Phi) is 7.86. The third-order valence-corrected chi connectivity index (χ3v) is 5.63. The van der Waals surface area contributed by atoms with E-state index in [1.165, 1.54) is 24.3 Å². The molecule has 0 aliphatic heterocycles. The summed E-state index contributed by atoms with van der Waals surface area (Å²) in [5, 5.41) is 49.3. The van der Waals surface area contributed by atoms with E-state index in [1.807, 2.05) is 25.1 Å². The highest BCUT2D eigenvalue weighted by molar-refractivity contribution is 5.71. The van der Waals surface area contributed by atoms with Crippen molar-refractivity contribution in [3.8, 4) is 34.5 Å². The first-order valence-corrected chi connectivity index (χ1v) is 11.7. The minimum Gasteiger partial charge on any atom is -0.508 e. The summed E-state index contributed by atoms with van der Waals surface area (Å²) in [6.45, 7) is 2.24. The van der Waals surface area contributed by atoms with E-state index in [4.69, 9.17) is 9.47 Å². The van der Waals surface area contributed by atoms with Gasteiger partial charge in [0.05, 0.1) is 0 Å². The summed E-state index contributed by atoms with van der Waals surface area (Å²) in [4.78, 5) is 0. The molecule has 0 aromatic heterocycles. The maximum Gasteiger partial charge on any atom is 0.154 e. The minimum atomic E-state index is -0.737. The van der Waals surface area contributed by atoms with Gasteiger partial charge in [-0.3, -0.25) is 0 Å². The molecule has 5 N–H and O–H groups in total. The third-order valence-electron chi connectivity index (χ3n) is 5.63. The van der Waals surface area contributed by atoms with E-state index in [0.717, 1.165) is 11.1 Å². The Morgan fingerprint density at radius 1 is 0.568 bits per heavy atom. The highest BCUT2D eigenvalue weighted by Crippen LogP contribution is 2.39. The monoisotopic (exact) mass is 500 g/mol. The van der Waals surface area contributed by atoms with Crippen LogP contribution in [0.2, 0.25) is 0 Å². The van der Waals surface area contributed by atoms with Crippen molar-refractivity contribution in [3.63, 3.8) is 0 Å². The Morgan fingerprint density at radius 3 is 1.68 bits per heavy atom. The molecule has 7 heteroatoms. The fourth-order valence-corrected chi connectivity index (χ4v) is 4.00. The number of aromatic hydroxyl groups is 5. The molecule has 37 heavy (non-hydrogen) atoms. The van der Waals surface area contributed by atoms with Gasteiger partial charge in [-0.05, 0) is 72.1 Å². The Balaban J connectivity index is 1.63. The molecule has 2 unspecified atom stereocenters. The lowest BCUT2D eigenvalue weighted by molar-refractivity contribution is -0.0242. The van der Waals surface area contributed by atoms with Crippen molar-refractivity contribution in [1.82, 2.24) is 0 Å². The summed E-state index contributed by atoms with van der Waals surface area (Å²) in [5.41, 5.74) is 2.77. The van der Waals surface area contributed by atoms with E-state index >= 15 is 0 Å². The minimum absolute atomic E-state index is 0.0232. The van der Waals surface area contributed by atoms with Crippen LogP contribution in [0.5, 0.6) is 34.5 Å². The van der Waals surface area contributed by atoms with Crippen LogP contribution >= 0.6 is 0 Å². The number of ether oxygens (including phenoxy) is 2. The lowest BCUT2D eigenvalue weighted by atomic mass is 9.97. The van der Waals surface area contributed by atoms with Crippen LogP contribution < -0.4 is 4.74 Å². The molecule has 0 heterocycles. The SMILES string of the molecule is CCOC(c1ccc(O)cc1)C(Oc1ccc(/C=C/c2cc(O)cc(O)c2)cc1)c1cc(O)cc(O)c1. The molecule has 0 amide bonds. The van der Waals surface area contributed by atoms with Crippen LogP contribution in [0.25, 0.3) is 12.2 Å². The van der Waals surface area contributed by atoms with Gasteiger partial charge in [0.15, 0.2) is 6.10 Å². The zero-order valence-corrected chi connectivity index (χ0v) is 20.2. The van der Waals surface area contributed by atoms with Gasteiger partial charge in [-0.15, -0.1) is 0 Å². The summed E-state index contributed by atoms with van der Waals surface area (Å²) in [6, 6.07) is 22.5. The van der Waals surface area contributed by atoms with E-state index in [9.17, 15) is 25.5 Å². The molecule has 4 aromatic rings. The van der Waals surface area contributed by atoms with Crippen molar-refractivity contribution in [1.29, 1.82) is 0 Å². The first-order chi connectivity index (χ1) is 17.8. The number of phenols is 5. The fourth-order valence-electron chi connectivity index (χ4n) is 4.00. The topological polar surface area (TPSA) is 120 Å². The molecule has 7 nitrogen and oxygen atoms in total. The number of hydrogen-bond donors (Lipinski definition) is 5. The van der Waals surface area contributed by atoms with Gasteiger partial charge in [0, 0.05) is 24.3 Å². The predicted molar refractivity (Wildman–Crippen MR) is 141 cm³/mol. The lowest BCUT2D eigenvalue weighted by Gasteiger charge is -2.29. The predicted octanol–water partition coefficient (Wildman–Crippen LogP) is 6.28. The second-order valence-electron chi connectivity index (χ2n) is 8.47. The van der Waals surface area contributed by atoms with Crippen LogP contribution in [0.4, 0.5) is 0 Å². The highest BCUT2D eigenvalue weighted by atomic mass is 16.5. The van der Waals surface area contributed by atoms with Crippen molar-refractivity contribution in [2.24, 2.45) is 0 Å². The molecule has 0 saturated heterocycles. The maximum atomic E-state index is 10.1. The van der Waals surface area contributed by atoms with Gasteiger partial charge in [0.1, 0.15) is 40.6 Å². The fraction of sp³-hybridized carbons (Fsp3) is 0.133. The summed E-state index contributed by atoms with van der Waals surface area (Å²) in [5.74, 6) is 0.389. The second-order valence-corrected chi connectivity index (χ2v) is 8.47. The smallest absolute Gasteiger partial charge is 0.154 e. The highest BCUT2D eigenvalue weighted by Gasteiger charge is 2.28.